The molecular weight excluding hydrogens is 329 g/mol. The summed E-state index contributed by atoms with van der Waals surface area (Å²) in [7, 11) is 0. The second-order valence-electron chi connectivity index (χ2n) is 7.31. The fourth-order valence-corrected chi connectivity index (χ4v) is 3.53. The number of carbonyl (C=O) groups is 1. The van der Waals surface area contributed by atoms with Gasteiger partial charge >= 0.3 is 0 Å². The normalized spacial score (nSPS) is 18.0. The Balaban J connectivity index is 1.59. The molecule has 2 aromatic rings. The van der Waals surface area contributed by atoms with Crippen LogP contribution in [0.2, 0.25) is 0 Å². The molecule has 0 amide bonds. The monoisotopic (exact) mass is 355 g/mol. The minimum Gasteiger partial charge on any atom is -0.489 e. The number of nitrogens with zero attached hydrogens (tertiary/aromatic N) is 1. The van der Waals surface area contributed by atoms with Crippen LogP contribution in [0.25, 0.3) is 0 Å². The van der Waals surface area contributed by atoms with Crippen LogP contribution in [0.4, 0.5) is 10.1 Å². The van der Waals surface area contributed by atoms with E-state index < -0.39 is 0 Å². The van der Waals surface area contributed by atoms with Gasteiger partial charge in [-0.3, -0.25) is 0 Å². The lowest BCUT2D eigenvalue weighted by Crippen LogP contribution is -2.25. The van der Waals surface area contributed by atoms with E-state index in [1.54, 1.807) is 13.0 Å². The van der Waals surface area contributed by atoms with Gasteiger partial charge in [0.15, 0.2) is 0 Å². The average molecular weight is 355 g/mol. The largest absolute Gasteiger partial charge is 0.489 e. The number of ketones is 1. The van der Waals surface area contributed by atoms with E-state index >= 15 is 0 Å². The SMILES string of the molecule is CC(=O)C[C@@H](C)c1ccc(OC2CCN(c3ccc(C)cc3F)C2)cc1. The Morgan fingerprint density at radius 1 is 1.27 bits per heavy atom. The van der Waals surface area contributed by atoms with Gasteiger partial charge < -0.3 is 14.4 Å². The number of benzene rings is 2. The average Bonchev–Trinajstić information content (AvgIpc) is 3.03. The predicted octanol–water partition coefficient (Wildman–Crippen LogP) is 4.87. The highest BCUT2D eigenvalue weighted by molar-refractivity contribution is 5.76. The molecule has 0 aromatic heterocycles. The first-order valence-corrected chi connectivity index (χ1v) is 9.19. The van der Waals surface area contributed by atoms with E-state index in [-0.39, 0.29) is 23.6 Å². The van der Waals surface area contributed by atoms with Crippen LogP contribution in [0.3, 0.4) is 0 Å². The van der Waals surface area contributed by atoms with Crippen molar-refractivity contribution in [3.8, 4) is 5.75 Å². The molecule has 3 rings (SSSR count). The van der Waals surface area contributed by atoms with Gasteiger partial charge in [-0.1, -0.05) is 25.1 Å². The molecule has 4 heteroatoms. The lowest BCUT2D eigenvalue weighted by atomic mass is 9.96. The fourth-order valence-electron chi connectivity index (χ4n) is 3.53. The minimum absolute atomic E-state index is 0.0520. The summed E-state index contributed by atoms with van der Waals surface area (Å²) in [6, 6.07) is 13.3. The lowest BCUT2D eigenvalue weighted by molar-refractivity contribution is -0.117. The molecular formula is C22H26FNO2. The van der Waals surface area contributed by atoms with Gasteiger partial charge in [0.25, 0.3) is 0 Å². The molecule has 0 radical (unpaired) electrons. The van der Waals surface area contributed by atoms with Crippen molar-refractivity contribution in [1.29, 1.82) is 0 Å². The Bertz CT molecular complexity index is 772. The zero-order valence-electron chi connectivity index (χ0n) is 15.7. The first-order chi connectivity index (χ1) is 12.4. The van der Waals surface area contributed by atoms with Crippen LogP contribution in [0.15, 0.2) is 42.5 Å². The van der Waals surface area contributed by atoms with Gasteiger partial charge in [0.2, 0.25) is 0 Å². The minimum atomic E-state index is -0.172. The number of halogens is 1. The molecule has 0 saturated carbocycles. The molecule has 1 aliphatic rings. The summed E-state index contributed by atoms with van der Waals surface area (Å²) >= 11 is 0. The van der Waals surface area contributed by atoms with Crippen molar-refractivity contribution in [3.05, 3.63) is 59.4 Å². The zero-order valence-corrected chi connectivity index (χ0v) is 15.7. The summed E-state index contributed by atoms with van der Waals surface area (Å²) in [6.45, 7) is 7.05. The molecule has 0 N–H and O–H groups in total. The highest BCUT2D eigenvalue weighted by atomic mass is 19.1. The number of hydrogen-bond donors (Lipinski definition) is 0. The van der Waals surface area contributed by atoms with Gasteiger partial charge in [0.1, 0.15) is 23.5 Å². The maximum absolute atomic E-state index is 14.2. The van der Waals surface area contributed by atoms with Crippen molar-refractivity contribution in [2.75, 3.05) is 18.0 Å². The van der Waals surface area contributed by atoms with Gasteiger partial charge in [0, 0.05) is 19.4 Å². The molecule has 0 bridgehead atoms. The molecule has 3 nitrogen and oxygen atoms in total. The zero-order chi connectivity index (χ0) is 18.7. The van der Waals surface area contributed by atoms with Crippen LogP contribution in [0.1, 0.15) is 43.7 Å². The second kappa shape index (κ2) is 7.90. The predicted molar refractivity (Wildman–Crippen MR) is 103 cm³/mol. The Labute approximate surface area is 154 Å². The number of Topliss-reactive ketones (excluding diaryl/α,β-unsaturated/α-hetero) is 1. The number of anilines is 1. The van der Waals surface area contributed by atoms with Crippen LogP contribution in [0, 0.1) is 12.7 Å². The third-order valence-corrected chi connectivity index (χ3v) is 4.93. The number of ether oxygens (including phenoxy) is 1. The molecule has 0 aliphatic carbocycles. The Hall–Kier alpha value is -2.36. The number of carbonyl (C=O) groups excluding carboxylic acids is 1. The van der Waals surface area contributed by atoms with E-state index in [4.69, 9.17) is 4.74 Å². The third-order valence-electron chi connectivity index (χ3n) is 4.93. The van der Waals surface area contributed by atoms with Gasteiger partial charge in [0.05, 0.1) is 12.2 Å². The quantitative estimate of drug-likeness (QED) is 0.740. The Kier molecular flexibility index (Phi) is 5.60. The maximum atomic E-state index is 14.2. The van der Waals surface area contributed by atoms with Crippen LogP contribution in [0.5, 0.6) is 5.75 Å². The van der Waals surface area contributed by atoms with Crippen molar-refractivity contribution >= 4 is 11.5 Å². The number of aryl methyl sites for hydroxylation is 1. The molecule has 138 valence electrons. The number of rotatable bonds is 6. The van der Waals surface area contributed by atoms with Crippen LogP contribution in [-0.2, 0) is 4.79 Å². The van der Waals surface area contributed by atoms with Crippen molar-refractivity contribution in [2.24, 2.45) is 0 Å². The first-order valence-electron chi connectivity index (χ1n) is 9.19. The standard InChI is InChI=1S/C22H26FNO2/c1-15-4-9-22(21(23)12-15)24-11-10-20(14-24)26-19-7-5-18(6-8-19)16(2)13-17(3)25/h4-9,12,16,20H,10-11,13-14H2,1-3H3/t16-,20?/m1/s1. The maximum Gasteiger partial charge on any atom is 0.146 e. The van der Waals surface area contributed by atoms with Crippen molar-refractivity contribution in [1.82, 2.24) is 0 Å². The van der Waals surface area contributed by atoms with E-state index in [9.17, 15) is 9.18 Å². The van der Waals surface area contributed by atoms with E-state index in [1.165, 1.54) is 0 Å². The summed E-state index contributed by atoms with van der Waals surface area (Å²) in [4.78, 5) is 13.3. The summed E-state index contributed by atoms with van der Waals surface area (Å²) in [5.41, 5.74) is 2.72. The first kappa shape index (κ1) is 18.4. The van der Waals surface area contributed by atoms with Crippen LogP contribution in [-0.4, -0.2) is 25.0 Å². The molecule has 1 aliphatic heterocycles. The number of hydrogen-bond acceptors (Lipinski definition) is 3. The summed E-state index contributed by atoms with van der Waals surface area (Å²) < 4.78 is 20.2. The van der Waals surface area contributed by atoms with Crippen LogP contribution < -0.4 is 9.64 Å². The molecule has 1 heterocycles. The molecule has 1 fully saturated rings. The van der Waals surface area contributed by atoms with Crippen molar-refractivity contribution < 1.29 is 13.9 Å². The van der Waals surface area contributed by atoms with Crippen molar-refractivity contribution in [2.45, 2.75) is 45.6 Å². The van der Waals surface area contributed by atoms with Gasteiger partial charge in [-0.2, -0.15) is 0 Å². The van der Waals surface area contributed by atoms with Gasteiger partial charge in [-0.05, 0) is 55.2 Å². The van der Waals surface area contributed by atoms with E-state index in [0.29, 0.717) is 18.7 Å². The summed E-state index contributed by atoms with van der Waals surface area (Å²) in [5, 5.41) is 0. The topological polar surface area (TPSA) is 29.5 Å². The molecule has 0 spiro atoms. The highest BCUT2D eigenvalue weighted by Crippen LogP contribution is 2.27. The molecule has 2 atom stereocenters. The summed E-state index contributed by atoms with van der Waals surface area (Å²) in [5.74, 6) is 1.06. The molecule has 2 aromatic carbocycles. The molecule has 1 unspecified atom stereocenters. The fraction of sp³-hybridized carbons (Fsp3) is 0.409. The smallest absolute Gasteiger partial charge is 0.146 e. The van der Waals surface area contributed by atoms with Crippen LogP contribution >= 0.6 is 0 Å². The lowest BCUT2D eigenvalue weighted by Gasteiger charge is -2.20. The molecule has 26 heavy (non-hydrogen) atoms. The van der Waals surface area contributed by atoms with Crippen molar-refractivity contribution in [3.63, 3.8) is 0 Å². The van der Waals surface area contributed by atoms with E-state index in [0.717, 1.165) is 29.8 Å². The van der Waals surface area contributed by atoms with Gasteiger partial charge in [-0.25, -0.2) is 4.39 Å². The highest BCUT2D eigenvalue weighted by Gasteiger charge is 2.26. The van der Waals surface area contributed by atoms with Gasteiger partial charge in [-0.15, -0.1) is 0 Å². The second-order valence-corrected chi connectivity index (χ2v) is 7.31. The Morgan fingerprint density at radius 3 is 2.65 bits per heavy atom. The third kappa shape index (κ3) is 4.43. The van der Waals surface area contributed by atoms with E-state index in [2.05, 4.69) is 6.92 Å². The summed E-state index contributed by atoms with van der Waals surface area (Å²) in [6.07, 6.45) is 1.48. The Morgan fingerprint density at radius 2 is 2.00 bits per heavy atom. The van der Waals surface area contributed by atoms with E-state index in [1.807, 2.05) is 48.2 Å². The molecule has 1 saturated heterocycles.